The molecule has 5 nitrogen and oxygen atoms in total. The number of carbonyl (C=O) groups excluding carboxylic acids is 1. The molecule has 6 heteroatoms. The first-order valence-corrected chi connectivity index (χ1v) is 9.79. The molecule has 1 saturated heterocycles. The van der Waals surface area contributed by atoms with Crippen LogP contribution in [-0.4, -0.2) is 35.6 Å². The molecule has 0 aliphatic carbocycles. The maximum atomic E-state index is 11.9. The van der Waals surface area contributed by atoms with E-state index < -0.39 is 0 Å². The normalized spacial score (nSPS) is 15.3. The summed E-state index contributed by atoms with van der Waals surface area (Å²) in [6, 6.07) is 12.5. The van der Waals surface area contributed by atoms with Crippen molar-refractivity contribution in [2.75, 3.05) is 24.6 Å². The van der Waals surface area contributed by atoms with Gasteiger partial charge >= 0.3 is 5.97 Å². The van der Waals surface area contributed by atoms with E-state index in [1.807, 2.05) is 25.1 Å². The molecule has 0 saturated carbocycles. The number of esters is 1. The van der Waals surface area contributed by atoms with Gasteiger partial charge < -0.3 is 9.64 Å². The minimum atomic E-state index is -0.0677. The highest BCUT2D eigenvalue weighted by Gasteiger charge is 2.27. The zero-order valence-corrected chi connectivity index (χ0v) is 15.5. The molecule has 0 unspecified atom stereocenters. The number of aromatic nitrogens is 2. The Balaban J connectivity index is 1.58. The summed E-state index contributed by atoms with van der Waals surface area (Å²) in [4.78, 5) is 25.4. The summed E-state index contributed by atoms with van der Waals surface area (Å²) >= 11 is 1.69. The molecule has 0 amide bonds. The van der Waals surface area contributed by atoms with Crippen LogP contribution >= 0.6 is 11.3 Å². The summed E-state index contributed by atoms with van der Waals surface area (Å²) < 4.78 is 5.16. The molecular weight excluding hydrogens is 346 g/mol. The molecule has 1 aliphatic heterocycles. The topological polar surface area (TPSA) is 55.3 Å². The molecule has 0 bridgehead atoms. The van der Waals surface area contributed by atoms with Crippen LogP contribution in [0.4, 0.5) is 5.82 Å². The molecule has 1 aromatic carbocycles. The summed E-state index contributed by atoms with van der Waals surface area (Å²) in [5, 5.41) is 1.09. The number of ether oxygens (including phenoxy) is 1. The summed E-state index contributed by atoms with van der Waals surface area (Å²) in [5.74, 6) is 0.906. The van der Waals surface area contributed by atoms with Crippen molar-refractivity contribution < 1.29 is 9.53 Å². The molecule has 4 rings (SSSR count). The zero-order chi connectivity index (χ0) is 17.9. The highest BCUT2D eigenvalue weighted by atomic mass is 32.1. The Hall–Kier alpha value is -2.47. The smallest absolute Gasteiger partial charge is 0.309 e. The average Bonchev–Trinajstić information content (AvgIpc) is 3.13. The van der Waals surface area contributed by atoms with Crippen molar-refractivity contribution in [3.05, 3.63) is 42.7 Å². The Morgan fingerprint density at radius 2 is 2.00 bits per heavy atom. The maximum Gasteiger partial charge on any atom is 0.309 e. The van der Waals surface area contributed by atoms with Crippen molar-refractivity contribution in [1.82, 2.24) is 9.97 Å². The summed E-state index contributed by atoms with van der Waals surface area (Å²) in [5.41, 5.74) is 1.20. The average molecular weight is 367 g/mol. The molecule has 2 aromatic heterocycles. The fourth-order valence-electron chi connectivity index (χ4n) is 3.43. The largest absolute Gasteiger partial charge is 0.466 e. The Bertz CT molecular complexity index is 902. The van der Waals surface area contributed by atoms with E-state index in [1.165, 1.54) is 10.4 Å². The highest BCUT2D eigenvalue weighted by molar-refractivity contribution is 7.21. The Kier molecular flexibility index (Phi) is 4.84. The number of carbonyl (C=O) groups is 1. The lowest BCUT2D eigenvalue weighted by Gasteiger charge is -2.31. The number of hydrogen-bond donors (Lipinski definition) is 0. The van der Waals surface area contributed by atoms with Crippen molar-refractivity contribution >= 4 is 33.3 Å². The van der Waals surface area contributed by atoms with Gasteiger partial charge in [0.1, 0.15) is 17.0 Å². The van der Waals surface area contributed by atoms with Gasteiger partial charge in [-0.1, -0.05) is 30.3 Å². The third kappa shape index (κ3) is 3.29. The molecule has 0 atom stereocenters. The van der Waals surface area contributed by atoms with Gasteiger partial charge in [-0.25, -0.2) is 9.97 Å². The van der Waals surface area contributed by atoms with Crippen molar-refractivity contribution in [2.45, 2.75) is 19.8 Å². The van der Waals surface area contributed by atoms with Crippen LogP contribution in [0.25, 0.3) is 20.7 Å². The first kappa shape index (κ1) is 17.0. The van der Waals surface area contributed by atoms with E-state index in [9.17, 15) is 4.79 Å². The fourth-order valence-corrected chi connectivity index (χ4v) is 4.43. The number of anilines is 1. The summed E-state index contributed by atoms with van der Waals surface area (Å²) in [7, 11) is 0. The van der Waals surface area contributed by atoms with Gasteiger partial charge in [-0.3, -0.25) is 4.79 Å². The van der Waals surface area contributed by atoms with Gasteiger partial charge in [0, 0.05) is 18.0 Å². The molecular formula is C20H21N3O2S. The van der Waals surface area contributed by atoms with Crippen LogP contribution in [0.3, 0.4) is 0 Å². The van der Waals surface area contributed by atoms with E-state index in [0.717, 1.165) is 42.0 Å². The molecule has 0 radical (unpaired) electrons. The van der Waals surface area contributed by atoms with Gasteiger partial charge in [-0.2, -0.15) is 0 Å². The maximum absolute atomic E-state index is 11.9. The van der Waals surface area contributed by atoms with Crippen LogP contribution in [0.15, 0.2) is 42.7 Å². The minimum Gasteiger partial charge on any atom is -0.466 e. The zero-order valence-electron chi connectivity index (χ0n) is 14.7. The Labute approximate surface area is 156 Å². The molecule has 0 N–H and O–H groups in total. The van der Waals surface area contributed by atoms with Crippen LogP contribution in [0.5, 0.6) is 0 Å². The predicted molar refractivity (Wildman–Crippen MR) is 104 cm³/mol. The van der Waals surface area contributed by atoms with E-state index in [0.29, 0.717) is 6.61 Å². The molecule has 3 heterocycles. The number of piperidine rings is 1. The third-order valence-corrected chi connectivity index (χ3v) is 5.87. The third-order valence-electron chi connectivity index (χ3n) is 4.78. The number of fused-ring (bicyclic) bond motifs is 1. The second-order valence-electron chi connectivity index (χ2n) is 6.41. The molecule has 134 valence electrons. The second kappa shape index (κ2) is 7.41. The number of nitrogens with zero attached hydrogens (tertiary/aromatic N) is 3. The lowest BCUT2D eigenvalue weighted by atomic mass is 9.97. The lowest BCUT2D eigenvalue weighted by Crippen LogP contribution is -2.37. The summed E-state index contributed by atoms with van der Waals surface area (Å²) in [6.45, 7) is 3.92. The van der Waals surface area contributed by atoms with E-state index in [2.05, 4.69) is 33.1 Å². The van der Waals surface area contributed by atoms with Crippen LogP contribution in [0, 0.1) is 5.92 Å². The molecule has 3 aromatic rings. The van der Waals surface area contributed by atoms with Crippen molar-refractivity contribution in [1.29, 1.82) is 0 Å². The van der Waals surface area contributed by atoms with E-state index >= 15 is 0 Å². The molecule has 1 fully saturated rings. The number of thiophene rings is 1. The van der Waals surface area contributed by atoms with Crippen LogP contribution in [-0.2, 0) is 9.53 Å². The monoisotopic (exact) mass is 367 g/mol. The Morgan fingerprint density at radius 3 is 2.73 bits per heavy atom. The van der Waals surface area contributed by atoms with Gasteiger partial charge in [-0.05, 0) is 31.4 Å². The number of rotatable bonds is 4. The first-order chi connectivity index (χ1) is 12.8. The molecule has 0 spiro atoms. The van der Waals surface area contributed by atoms with Gasteiger partial charge in [0.2, 0.25) is 0 Å². The van der Waals surface area contributed by atoms with Crippen LogP contribution in [0.2, 0.25) is 0 Å². The standard InChI is InChI=1S/C20H21N3O2S/c1-2-25-20(24)15-8-10-23(11-9-15)18-16-12-17(14-6-4-3-5-7-14)26-19(16)22-13-21-18/h3-7,12-13,15H,2,8-11H2,1H3. The van der Waals surface area contributed by atoms with E-state index in [-0.39, 0.29) is 11.9 Å². The second-order valence-corrected chi connectivity index (χ2v) is 7.44. The van der Waals surface area contributed by atoms with Gasteiger partial charge in [-0.15, -0.1) is 11.3 Å². The van der Waals surface area contributed by atoms with Gasteiger partial charge in [0.15, 0.2) is 0 Å². The van der Waals surface area contributed by atoms with Gasteiger partial charge in [0.05, 0.1) is 17.9 Å². The highest BCUT2D eigenvalue weighted by Crippen LogP contribution is 2.37. The van der Waals surface area contributed by atoms with Crippen molar-refractivity contribution in [3.8, 4) is 10.4 Å². The van der Waals surface area contributed by atoms with Crippen molar-refractivity contribution in [3.63, 3.8) is 0 Å². The van der Waals surface area contributed by atoms with Gasteiger partial charge in [0.25, 0.3) is 0 Å². The Morgan fingerprint density at radius 1 is 1.23 bits per heavy atom. The number of benzene rings is 1. The molecule has 1 aliphatic rings. The summed E-state index contributed by atoms with van der Waals surface area (Å²) in [6.07, 6.45) is 3.25. The molecule has 26 heavy (non-hydrogen) atoms. The van der Waals surface area contributed by atoms with Crippen LogP contribution in [0.1, 0.15) is 19.8 Å². The van der Waals surface area contributed by atoms with Crippen LogP contribution < -0.4 is 4.90 Å². The quantitative estimate of drug-likeness (QED) is 0.649. The lowest BCUT2D eigenvalue weighted by molar-refractivity contribution is -0.148. The minimum absolute atomic E-state index is 0.00545. The fraction of sp³-hybridized carbons (Fsp3) is 0.350. The van der Waals surface area contributed by atoms with E-state index in [4.69, 9.17) is 4.74 Å². The van der Waals surface area contributed by atoms with Crippen molar-refractivity contribution in [2.24, 2.45) is 5.92 Å². The number of hydrogen-bond acceptors (Lipinski definition) is 6. The predicted octanol–water partition coefficient (Wildman–Crippen LogP) is 4.14. The first-order valence-electron chi connectivity index (χ1n) is 8.98. The van der Waals surface area contributed by atoms with E-state index in [1.54, 1.807) is 17.7 Å². The SMILES string of the molecule is CCOC(=O)C1CCN(c2ncnc3sc(-c4ccccc4)cc23)CC1.